The van der Waals surface area contributed by atoms with Crippen molar-refractivity contribution in [3.63, 3.8) is 0 Å². The van der Waals surface area contributed by atoms with E-state index in [9.17, 15) is 9.18 Å². The zero-order chi connectivity index (χ0) is 14.7. The third-order valence-electron chi connectivity index (χ3n) is 4.02. The summed E-state index contributed by atoms with van der Waals surface area (Å²) >= 11 is 0. The second-order valence-corrected chi connectivity index (χ2v) is 5.62. The van der Waals surface area contributed by atoms with E-state index in [1.807, 2.05) is 4.90 Å². The molecule has 0 aliphatic carbocycles. The highest BCUT2D eigenvalue weighted by Gasteiger charge is 2.27. The summed E-state index contributed by atoms with van der Waals surface area (Å²) in [6.07, 6.45) is 4.17. The van der Waals surface area contributed by atoms with Crippen LogP contribution in [0.4, 0.5) is 4.39 Å². The van der Waals surface area contributed by atoms with Gasteiger partial charge in [-0.1, -0.05) is 17.3 Å². The van der Waals surface area contributed by atoms with Crippen molar-refractivity contribution in [1.29, 1.82) is 0 Å². The number of benzene rings is 1. The zero-order valence-corrected chi connectivity index (χ0v) is 11.9. The minimum Gasteiger partial charge on any atom is -0.391 e. The highest BCUT2D eigenvalue weighted by atomic mass is 19.1. The number of piperidine rings is 1. The van der Waals surface area contributed by atoms with Crippen molar-refractivity contribution >= 4 is 11.6 Å². The van der Waals surface area contributed by atoms with Gasteiger partial charge in [-0.25, -0.2) is 4.39 Å². The van der Waals surface area contributed by atoms with Crippen LogP contribution in [0, 0.1) is 5.82 Å². The first kappa shape index (κ1) is 14.0. The van der Waals surface area contributed by atoms with E-state index >= 15 is 0 Å². The molecule has 0 unspecified atom stereocenters. The molecule has 0 bridgehead atoms. The summed E-state index contributed by atoms with van der Waals surface area (Å²) in [7, 11) is 0. The number of likely N-dealkylation sites (tertiary alicyclic amines) is 1. The second kappa shape index (κ2) is 6.24. The summed E-state index contributed by atoms with van der Waals surface area (Å²) in [4.78, 5) is 19.5. The Bertz CT molecular complexity index is 536. The molecule has 1 saturated heterocycles. The van der Waals surface area contributed by atoms with Crippen LogP contribution in [0.2, 0.25) is 0 Å². The number of nitrogens with zero attached hydrogens (tertiary/aromatic N) is 2. The molecule has 2 aliphatic heterocycles. The first-order chi connectivity index (χ1) is 10.2. The Morgan fingerprint density at radius 1 is 1.24 bits per heavy atom. The average molecular weight is 290 g/mol. The van der Waals surface area contributed by atoms with Gasteiger partial charge in [-0.3, -0.25) is 4.79 Å². The van der Waals surface area contributed by atoms with E-state index in [4.69, 9.17) is 4.84 Å². The van der Waals surface area contributed by atoms with Gasteiger partial charge >= 0.3 is 0 Å². The Labute approximate surface area is 123 Å². The van der Waals surface area contributed by atoms with Crippen LogP contribution in [0.3, 0.4) is 0 Å². The number of carbonyl (C=O) groups is 1. The van der Waals surface area contributed by atoms with Crippen LogP contribution >= 0.6 is 0 Å². The van der Waals surface area contributed by atoms with Crippen molar-refractivity contribution < 1.29 is 14.0 Å². The molecule has 0 radical (unpaired) electrons. The van der Waals surface area contributed by atoms with Gasteiger partial charge in [0.2, 0.25) is 5.91 Å². The first-order valence-electron chi connectivity index (χ1n) is 7.49. The molecular weight excluding hydrogens is 271 g/mol. The molecule has 4 nitrogen and oxygen atoms in total. The smallest absolute Gasteiger partial charge is 0.226 e. The third kappa shape index (κ3) is 3.40. The highest BCUT2D eigenvalue weighted by molar-refractivity contribution is 6.01. The molecule has 5 heteroatoms. The molecule has 0 saturated carbocycles. The minimum atomic E-state index is -0.268. The van der Waals surface area contributed by atoms with Gasteiger partial charge < -0.3 is 9.74 Å². The van der Waals surface area contributed by atoms with Gasteiger partial charge in [0, 0.05) is 19.5 Å². The maximum atomic E-state index is 12.9. The Morgan fingerprint density at radius 2 is 1.95 bits per heavy atom. The van der Waals surface area contributed by atoms with Crippen LogP contribution in [-0.2, 0) is 9.63 Å². The first-order valence-corrected chi connectivity index (χ1v) is 7.49. The highest BCUT2D eigenvalue weighted by Crippen LogP contribution is 2.21. The second-order valence-electron chi connectivity index (χ2n) is 5.62. The fourth-order valence-corrected chi connectivity index (χ4v) is 2.82. The Kier molecular flexibility index (Phi) is 4.18. The predicted octanol–water partition coefficient (Wildman–Crippen LogP) is 2.72. The Morgan fingerprint density at radius 3 is 2.67 bits per heavy atom. The minimum absolute atomic E-state index is 0.148. The lowest BCUT2D eigenvalue weighted by Crippen LogP contribution is -2.37. The van der Waals surface area contributed by atoms with Crippen molar-refractivity contribution in [2.45, 2.75) is 38.2 Å². The number of hydrogen-bond acceptors (Lipinski definition) is 3. The predicted molar refractivity (Wildman–Crippen MR) is 77.5 cm³/mol. The molecule has 2 heterocycles. The Hall–Kier alpha value is -1.91. The SMILES string of the molecule is O=C(C[C@H]1CC(c2ccc(F)cc2)=NO1)N1CCCCC1. The fraction of sp³-hybridized carbons (Fsp3) is 0.500. The lowest BCUT2D eigenvalue weighted by atomic mass is 10.0. The quantitative estimate of drug-likeness (QED) is 0.859. The molecule has 1 atom stereocenters. The largest absolute Gasteiger partial charge is 0.391 e. The van der Waals surface area contributed by atoms with Gasteiger partial charge in [0.15, 0.2) is 0 Å². The summed E-state index contributed by atoms with van der Waals surface area (Å²) in [5.41, 5.74) is 1.63. The molecule has 0 spiro atoms. The van der Waals surface area contributed by atoms with Crippen LogP contribution in [0.25, 0.3) is 0 Å². The number of rotatable bonds is 3. The molecule has 21 heavy (non-hydrogen) atoms. The van der Waals surface area contributed by atoms with Crippen molar-refractivity contribution in [2.75, 3.05) is 13.1 Å². The maximum Gasteiger partial charge on any atom is 0.226 e. The lowest BCUT2D eigenvalue weighted by molar-refractivity contribution is -0.134. The number of hydrogen-bond donors (Lipinski definition) is 0. The van der Waals surface area contributed by atoms with E-state index in [0.717, 1.165) is 37.2 Å². The van der Waals surface area contributed by atoms with Gasteiger partial charge in [-0.15, -0.1) is 0 Å². The summed E-state index contributed by atoms with van der Waals surface area (Å²) in [6, 6.07) is 6.19. The van der Waals surface area contributed by atoms with E-state index in [2.05, 4.69) is 5.16 Å². The molecule has 3 rings (SSSR count). The summed E-state index contributed by atoms with van der Waals surface area (Å²) in [5.74, 6) is -0.120. The van der Waals surface area contributed by atoms with E-state index in [0.29, 0.717) is 12.8 Å². The number of amides is 1. The summed E-state index contributed by atoms with van der Waals surface area (Å²) < 4.78 is 12.9. The van der Waals surface area contributed by atoms with E-state index < -0.39 is 0 Å². The number of oxime groups is 1. The van der Waals surface area contributed by atoms with Gasteiger partial charge in [-0.2, -0.15) is 0 Å². The lowest BCUT2D eigenvalue weighted by Gasteiger charge is -2.27. The van der Waals surface area contributed by atoms with Crippen molar-refractivity contribution in [3.05, 3.63) is 35.6 Å². The monoisotopic (exact) mass is 290 g/mol. The van der Waals surface area contributed by atoms with E-state index in [-0.39, 0.29) is 17.8 Å². The standard InChI is InChI=1S/C16H19FN2O2/c17-13-6-4-12(5-7-13)15-10-14(21-18-15)11-16(20)19-8-2-1-3-9-19/h4-7,14H,1-3,8-11H2/t14-/m1/s1. The van der Waals surface area contributed by atoms with Gasteiger partial charge in [0.1, 0.15) is 11.9 Å². The fourth-order valence-electron chi connectivity index (χ4n) is 2.82. The van der Waals surface area contributed by atoms with Gasteiger partial charge in [0.05, 0.1) is 12.1 Å². The molecule has 112 valence electrons. The van der Waals surface area contributed by atoms with E-state index in [1.165, 1.54) is 18.6 Å². The van der Waals surface area contributed by atoms with E-state index in [1.54, 1.807) is 12.1 Å². The van der Waals surface area contributed by atoms with Gasteiger partial charge in [0.25, 0.3) is 0 Å². The van der Waals surface area contributed by atoms with Crippen molar-refractivity contribution in [2.24, 2.45) is 5.16 Å². The molecule has 1 fully saturated rings. The van der Waals surface area contributed by atoms with Crippen LogP contribution < -0.4 is 0 Å². The molecule has 0 N–H and O–H groups in total. The molecule has 1 aromatic rings. The number of carbonyl (C=O) groups excluding carboxylic acids is 1. The van der Waals surface area contributed by atoms with Crippen LogP contribution in [0.15, 0.2) is 29.4 Å². The summed E-state index contributed by atoms with van der Waals surface area (Å²) in [6.45, 7) is 1.72. The van der Waals surface area contributed by atoms with Crippen LogP contribution in [0.5, 0.6) is 0 Å². The van der Waals surface area contributed by atoms with Gasteiger partial charge in [-0.05, 0) is 37.0 Å². The average Bonchev–Trinajstić information content (AvgIpc) is 2.97. The normalized spacial score (nSPS) is 21.9. The number of halogens is 1. The molecule has 1 aromatic carbocycles. The third-order valence-corrected chi connectivity index (χ3v) is 4.02. The maximum absolute atomic E-state index is 12.9. The Balaban J connectivity index is 1.53. The molecule has 1 amide bonds. The zero-order valence-electron chi connectivity index (χ0n) is 11.9. The molecule has 2 aliphatic rings. The van der Waals surface area contributed by atoms with Crippen molar-refractivity contribution in [3.8, 4) is 0 Å². The molecular formula is C16H19FN2O2. The topological polar surface area (TPSA) is 41.9 Å². The van der Waals surface area contributed by atoms with Crippen molar-refractivity contribution in [1.82, 2.24) is 4.90 Å². The summed E-state index contributed by atoms with van der Waals surface area (Å²) in [5, 5.41) is 4.04. The van der Waals surface area contributed by atoms with Crippen LogP contribution in [0.1, 0.15) is 37.7 Å². The van der Waals surface area contributed by atoms with Crippen LogP contribution in [-0.4, -0.2) is 35.7 Å². The molecule has 0 aromatic heterocycles.